The Hall–Kier alpha value is 0.210. The first-order chi connectivity index (χ1) is 4.93. The van der Waals surface area contributed by atoms with E-state index >= 15 is 0 Å². The molecule has 0 aromatic heterocycles. The number of nitrogens with one attached hydrogen (secondary N) is 1. The molecule has 60 valence electrons. The monoisotopic (exact) mass is 163 g/mol. The first kappa shape index (κ1) is 8.31. The molecule has 0 bridgehead atoms. The molecule has 10 heavy (non-hydrogen) atoms. The normalized spacial score (nSPS) is 21.3. The Morgan fingerprint density at radius 3 is 2.70 bits per heavy atom. The minimum atomic E-state index is 0.458. The number of hydrogen-bond acceptors (Lipinski definition) is 2. The summed E-state index contributed by atoms with van der Waals surface area (Å²) >= 11 is 5.48. The van der Waals surface area contributed by atoms with Crippen LogP contribution in [0.2, 0.25) is 0 Å². The fourth-order valence-corrected chi connectivity index (χ4v) is 1.26. The molecule has 1 heterocycles. The van der Waals surface area contributed by atoms with E-state index < -0.39 is 0 Å². The predicted molar refractivity (Wildman–Crippen MR) is 42.6 cm³/mol. The quantitative estimate of drug-likeness (QED) is 0.627. The molecular weight excluding hydrogens is 150 g/mol. The topological polar surface area (TPSA) is 21.3 Å². The van der Waals surface area contributed by atoms with Crippen LogP contribution in [0, 0.1) is 0 Å². The SMILES string of the molecule is ClCCOC1CCNCC1. The van der Waals surface area contributed by atoms with Crippen LogP contribution < -0.4 is 5.32 Å². The zero-order chi connectivity index (χ0) is 7.23. The van der Waals surface area contributed by atoms with Crippen LogP contribution in [0.3, 0.4) is 0 Å². The molecule has 0 atom stereocenters. The Bertz CT molecular complexity index is 83.7. The molecule has 2 nitrogen and oxygen atoms in total. The summed E-state index contributed by atoms with van der Waals surface area (Å²) in [6.45, 7) is 2.88. The average molecular weight is 164 g/mol. The Morgan fingerprint density at radius 2 is 2.10 bits per heavy atom. The van der Waals surface area contributed by atoms with Gasteiger partial charge in [0.1, 0.15) is 0 Å². The smallest absolute Gasteiger partial charge is 0.0605 e. The van der Waals surface area contributed by atoms with Crippen molar-refractivity contribution in [2.45, 2.75) is 18.9 Å². The van der Waals surface area contributed by atoms with Crippen molar-refractivity contribution < 1.29 is 4.74 Å². The summed E-state index contributed by atoms with van der Waals surface area (Å²) in [6, 6.07) is 0. The molecule has 1 N–H and O–H groups in total. The molecule has 0 radical (unpaired) electrons. The molecule has 0 aromatic rings. The van der Waals surface area contributed by atoms with Gasteiger partial charge in [-0.2, -0.15) is 0 Å². The van der Waals surface area contributed by atoms with Gasteiger partial charge in [-0.3, -0.25) is 0 Å². The molecule has 3 heteroatoms. The highest BCUT2D eigenvalue weighted by Gasteiger charge is 2.11. The van der Waals surface area contributed by atoms with Crippen molar-refractivity contribution in [3.05, 3.63) is 0 Å². The van der Waals surface area contributed by atoms with E-state index in [1.165, 1.54) is 0 Å². The van der Waals surface area contributed by atoms with Crippen molar-refractivity contribution in [1.29, 1.82) is 0 Å². The van der Waals surface area contributed by atoms with Crippen LogP contribution in [-0.2, 0) is 4.74 Å². The fourth-order valence-electron chi connectivity index (χ4n) is 1.17. The van der Waals surface area contributed by atoms with E-state index in [2.05, 4.69) is 5.32 Å². The summed E-state index contributed by atoms with van der Waals surface area (Å²) in [6.07, 6.45) is 2.73. The van der Waals surface area contributed by atoms with E-state index in [-0.39, 0.29) is 0 Å². The maximum Gasteiger partial charge on any atom is 0.0605 e. The van der Waals surface area contributed by atoms with Gasteiger partial charge in [-0.25, -0.2) is 0 Å². The van der Waals surface area contributed by atoms with Gasteiger partial charge in [0, 0.05) is 5.88 Å². The molecule has 0 saturated carbocycles. The van der Waals surface area contributed by atoms with Crippen molar-refractivity contribution in [2.75, 3.05) is 25.6 Å². The van der Waals surface area contributed by atoms with Crippen LogP contribution in [0.25, 0.3) is 0 Å². The molecule has 1 fully saturated rings. The van der Waals surface area contributed by atoms with Crippen molar-refractivity contribution in [3.63, 3.8) is 0 Å². The molecule has 1 aliphatic rings. The molecule has 0 unspecified atom stereocenters. The zero-order valence-corrected chi connectivity index (χ0v) is 6.86. The molecule has 1 saturated heterocycles. The second kappa shape index (κ2) is 4.94. The van der Waals surface area contributed by atoms with Crippen molar-refractivity contribution in [2.24, 2.45) is 0 Å². The van der Waals surface area contributed by atoms with Crippen LogP contribution in [-0.4, -0.2) is 31.7 Å². The summed E-state index contributed by atoms with van der Waals surface area (Å²) in [5.74, 6) is 0.615. The van der Waals surface area contributed by atoms with Gasteiger partial charge in [0.25, 0.3) is 0 Å². The van der Waals surface area contributed by atoms with Crippen LogP contribution in [0.4, 0.5) is 0 Å². The fraction of sp³-hybridized carbons (Fsp3) is 1.00. The Balaban J connectivity index is 2.02. The van der Waals surface area contributed by atoms with Crippen molar-refractivity contribution in [3.8, 4) is 0 Å². The van der Waals surface area contributed by atoms with Gasteiger partial charge in [0.05, 0.1) is 12.7 Å². The third-order valence-electron chi connectivity index (χ3n) is 1.72. The van der Waals surface area contributed by atoms with Crippen LogP contribution >= 0.6 is 11.6 Å². The van der Waals surface area contributed by atoms with Gasteiger partial charge < -0.3 is 10.1 Å². The molecule has 0 aliphatic carbocycles. The highest BCUT2D eigenvalue weighted by atomic mass is 35.5. The summed E-state index contributed by atoms with van der Waals surface area (Å²) < 4.78 is 5.46. The van der Waals surface area contributed by atoms with E-state index in [0.29, 0.717) is 18.6 Å². The lowest BCUT2D eigenvalue weighted by atomic mass is 10.1. The van der Waals surface area contributed by atoms with E-state index in [9.17, 15) is 0 Å². The summed E-state index contributed by atoms with van der Waals surface area (Å²) in [7, 11) is 0. The summed E-state index contributed by atoms with van der Waals surface area (Å²) in [4.78, 5) is 0. The number of hydrogen-bond donors (Lipinski definition) is 1. The number of alkyl halides is 1. The van der Waals surface area contributed by atoms with Crippen molar-refractivity contribution >= 4 is 11.6 Å². The number of halogens is 1. The molecule has 1 aliphatic heterocycles. The number of rotatable bonds is 3. The van der Waals surface area contributed by atoms with Gasteiger partial charge in [-0.15, -0.1) is 11.6 Å². The third-order valence-corrected chi connectivity index (χ3v) is 1.87. The lowest BCUT2D eigenvalue weighted by molar-refractivity contribution is 0.0428. The standard InChI is InChI=1S/C7H14ClNO/c8-3-6-10-7-1-4-9-5-2-7/h7,9H,1-6H2. The third kappa shape index (κ3) is 2.86. The van der Waals surface area contributed by atoms with E-state index in [1.807, 2.05) is 0 Å². The Morgan fingerprint density at radius 1 is 1.40 bits per heavy atom. The molecule has 0 amide bonds. The molecule has 1 rings (SSSR count). The highest BCUT2D eigenvalue weighted by molar-refractivity contribution is 6.17. The lowest BCUT2D eigenvalue weighted by Gasteiger charge is -2.22. The van der Waals surface area contributed by atoms with Gasteiger partial charge in [0.2, 0.25) is 0 Å². The second-order valence-electron chi connectivity index (χ2n) is 2.51. The van der Waals surface area contributed by atoms with Crippen LogP contribution in [0.5, 0.6) is 0 Å². The first-order valence-corrected chi connectivity index (χ1v) is 4.35. The highest BCUT2D eigenvalue weighted by Crippen LogP contribution is 2.06. The Kier molecular flexibility index (Phi) is 4.10. The summed E-state index contributed by atoms with van der Waals surface area (Å²) in [5, 5.41) is 3.28. The maximum atomic E-state index is 5.48. The average Bonchev–Trinajstić information content (AvgIpc) is 2.03. The Labute approximate surface area is 66.9 Å². The van der Waals surface area contributed by atoms with Gasteiger partial charge in [-0.1, -0.05) is 0 Å². The largest absolute Gasteiger partial charge is 0.377 e. The first-order valence-electron chi connectivity index (χ1n) is 3.82. The zero-order valence-electron chi connectivity index (χ0n) is 6.11. The molecular formula is C7H14ClNO. The predicted octanol–water partition coefficient (Wildman–Crippen LogP) is 0.994. The summed E-state index contributed by atoms with van der Waals surface area (Å²) in [5.41, 5.74) is 0. The van der Waals surface area contributed by atoms with Gasteiger partial charge in [-0.05, 0) is 25.9 Å². The maximum absolute atomic E-state index is 5.48. The minimum absolute atomic E-state index is 0.458. The van der Waals surface area contributed by atoms with E-state index in [4.69, 9.17) is 16.3 Å². The van der Waals surface area contributed by atoms with Gasteiger partial charge in [0.15, 0.2) is 0 Å². The number of ether oxygens (including phenoxy) is 1. The van der Waals surface area contributed by atoms with E-state index in [0.717, 1.165) is 25.9 Å². The van der Waals surface area contributed by atoms with E-state index in [1.54, 1.807) is 0 Å². The lowest BCUT2D eigenvalue weighted by Crippen LogP contribution is -2.32. The molecule has 0 aromatic carbocycles. The second-order valence-corrected chi connectivity index (χ2v) is 2.89. The minimum Gasteiger partial charge on any atom is -0.377 e. The van der Waals surface area contributed by atoms with Crippen molar-refractivity contribution in [1.82, 2.24) is 5.32 Å². The van der Waals surface area contributed by atoms with Crippen LogP contribution in [0.15, 0.2) is 0 Å². The molecule has 0 spiro atoms. The van der Waals surface area contributed by atoms with Gasteiger partial charge >= 0.3 is 0 Å². The number of piperidine rings is 1. The van der Waals surface area contributed by atoms with Crippen LogP contribution in [0.1, 0.15) is 12.8 Å².